The zero-order valence-electron chi connectivity index (χ0n) is 17.7. The molecule has 1 aliphatic rings. The predicted octanol–water partition coefficient (Wildman–Crippen LogP) is 5.93. The van der Waals surface area contributed by atoms with Crippen LogP contribution in [0.5, 0.6) is 5.75 Å². The summed E-state index contributed by atoms with van der Waals surface area (Å²) in [4.78, 5) is 21.4. The quantitative estimate of drug-likeness (QED) is 0.381. The topological polar surface area (TPSA) is 68.5 Å². The Bertz CT molecular complexity index is 1280. The number of benzene rings is 3. The highest BCUT2D eigenvalue weighted by Gasteiger charge is 2.26. The summed E-state index contributed by atoms with van der Waals surface area (Å²) in [6.07, 6.45) is 0. The molecule has 0 atom stereocenters. The van der Waals surface area contributed by atoms with Crippen LogP contribution in [0.1, 0.15) is 24.2 Å². The molecule has 4 aromatic rings. The Morgan fingerprint density at radius 3 is 2.53 bits per heavy atom. The smallest absolute Gasteiger partial charge is 0.259 e. The van der Waals surface area contributed by atoms with Crippen molar-refractivity contribution in [1.82, 2.24) is 10.1 Å². The van der Waals surface area contributed by atoms with Crippen LogP contribution in [0.15, 0.2) is 81.0 Å². The van der Waals surface area contributed by atoms with Crippen molar-refractivity contribution in [2.45, 2.75) is 23.6 Å². The van der Waals surface area contributed by atoms with Gasteiger partial charge in [0, 0.05) is 27.5 Å². The van der Waals surface area contributed by atoms with Gasteiger partial charge in [-0.1, -0.05) is 29.1 Å². The number of anilines is 1. The monoisotopic (exact) mass is 443 g/mol. The Labute approximate surface area is 190 Å². The largest absolute Gasteiger partial charge is 0.494 e. The Balaban J connectivity index is 1.50. The highest BCUT2D eigenvalue weighted by atomic mass is 32.2. The predicted molar refractivity (Wildman–Crippen MR) is 124 cm³/mol. The fourth-order valence-electron chi connectivity index (χ4n) is 3.70. The van der Waals surface area contributed by atoms with Crippen molar-refractivity contribution in [3.8, 4) is 28.6 Å². The summed E-state index contributed by atoms with van der Waals surface area (Å²) in [5.41, 5.74) is 3.26. The standard InChI is InChI=1S/C25H21N3O3S/c1-3-28-20-14-11-17(15-22(20)32-21-8-6-5-7-19(21)25(28)29)23-26-24(31-27-23)16-9-12-18(13-10-16)30-4-2/h5-15H,3-4H2,1-2H3. The minimum absolute atomic E-state index is 0.0134. The molecule has 1 amide bonds. The van der Waals surface area contributed by atoms with Crippen LogP contribution in [-0.2, 0) is 0 Å². The molecule has 1 aromatic heterocycles. The fraction of sp³-hybridized carbons (Fsp3) is 0.160. The Morgan fingerprint density at radius 2 is 1.75 bits per heavy atom. The van der Waals surface area contributed by atoms with Gasteiger partial charge in [-0.25, -0.2) is 0 Å². The molecule has 0 saturated carbocycles. The van der Waals surface area contributed by atoms with Gasteiger partial charge in [0.15, 0.2) is 0 Å². The summed E-state index contributed by atoms with van der Waals surface area (Å²) in [6.45, 7) is 5.14. The summed E-state index contributed by atoms with van der Waals surface area (Å²) in [7, 11) is 0. The van der Waals surface area contributed by atoms with E-state index in [1.54, 1.807) is 16.7 Å². The zero-order chi connectivity index (χ0) is 22.1. The van der Waals surface area contributed by atoms with Crippen molar-refractivity contribution < 1.29 is 14.1 Å². The number of rotatable bonds is 5. The maximum atomic E-state index is 13.1. The van der Waals surface area contributed by atoms with E-state index in [0.717, 1.165) is 37.9 Å². The van der Waals surface area contributed by atoms with Crippen LogP contribution in [0.2, 0.25) is 0 Å². The first-order valence-electron chi connectivity index (χ1n) is 10.5. The van der Waals surface area contributed by atoms with Crippen molar-refractivity contribution in [2.75, 3.05) is 18.1 Å². The molecule has 1 aliphatic heterocycles. The van der Waals surface area contributed by atoms with Gasteiger partial charge in [-0.05, 0) is 68.4 Å². The Kier molecular flexibility index (Phi) is 5.41. The van der Waals surface area contributed by atoms with E-state index in [1.165, 1.54) is 0 Å². The van der Waals surface area contributed by atoms with Crippen LogP contribution >= 0.6 is 11.8 Å². The summed E-state index contributed by atoms with van der Waals surface area (Å²) >= 11 is 1.58. The number of carbonyl (C=O) groups excluding carboxylic acids is 1. The number of nitrogens with zero attached hydrogens (tertiary/aromatic N) is 3. The van der Waals surface area contributed by atoms with E-state index in [-0.39, 0.29) is 5.91 Å². The number of ether oxygens (including phenoxy) is 1. The lowest BCUT2D eigenvalue weighted by atomic mass is 10.1. The van der Waals surface area contributed by atoms with Crippen LogP contribution in [0.3, 0.4) is 0 Å². The molecule has 6 nitrogen and oxygen atoms in total. The van der Waals surface area contributed by atoms with Gasteiger partial charge in [0.25, 0.3) is 11.8 Å². The third kappa shape index (κ3) is 3.65. The lowest BCUT2D eigenvalue weighted by Gasteiger charge is -2.21. The second-order valence-corrected chi connectivity index (χ2v) is 8.29. The van der Waals surface area contributed by atoms with Crippen molar-refractivity contribution in [1.29, 1.82) is 0 Å². The normalized spacial score (nSPS) is 12.8. The molecule has 160 valence electrons. The molecule has 0 bridgehead atoms. The van der Waals surface area contributed by atoms with Crippen molar-refractivity contribution in [2.24, 2.45) is 0 Å². The minimum Gasteiger partial charge on any atom is -0.494 e. The number of hydrogen-bond acceptors (Lipinski definition) is 6. The van der Waals surface area contributed by atoms with Gasteiger partial charge >= 0.3 is 0 Å². The first-order valence-corrected chi connectivity index (χ1v) is 11.3. The number of amides is 1. The van der Waals surface area contributed by atoms with E-state index in [4.69, 9.17) is 9.26 Å². The summed E-state index contributed by atoms with van der Waals surface area (Å²) in [5.74, 6) is 1.76. The molecule has 0 fully saturated rings. The third-order valence-corrected chi connectivity index (χ3v) is 6.37. The lowest BCUT2D eigenvalue weighted by molar-refractivity contribution is 0.0985. The van der Waals surface area contributed by atoms with Crippen LogP contribution in [-0.4, -0.2) is 29.2 Å². The van der Waals surface area contributed by atoms with E-state index in [1.807, 2.05) is 80.6 Å². The van der Waals surface area contributed by atoms with Gasteiger partial charge in [0.2, 0.25) is 5.82 Å². The van der Waals surface area contributed by atoms with Crippen molar-refractivity contribution in [3.63, 3.8) is 0 Å². The molecule has 0 saturated heterocycles. The maximum absolute atomic E-state index is 13.1. The van der Waals surface area contributed by atoms with E-state index < -0.39 is 0 Å². The second-order valence-electron chi connectivity index (χ2n) is 7.21. The van der Waals surface area contributed by atoms with E-state index in [0.29, 0.717) is 24.9 Å². The molecule has 2 heterocycles. The minimum atomic E-state index is 0.0134. The highest BCUT2D eigenvalue weighted by molar-refractivity contribution is 7.99. The van der Waals surface area contributed by atoms with E-state index in [2.05, 4.69) is 10.1 Å². The second kappa shape index (κ2) is 8.51. The lowest BCUT2D eigenvalue weighted by Crippen LogP contribution is -2.30. The first-order chi connectivity index (χ1) is 15.7. The van der Waals surface area contributed by atoms with Gasteiger partial charge in [-0.2, -0.15) is 4.98 Å². The first kappa shape index (κ1) is 20.3. The van der Waals surface area contributed by atoms with Crippen LogP contribution < -0.4 is 9.64 Å². The summed E-state index contributed by atoms with van der Waals surface area (Å²) in [6, 6.07) is 21.2. The SMILES string of the molecule is CCOc1ccc(-c2nc(-c3ccc4c(c3)Sc3ccccc3C(=O)N4CC)no2)cc1. The van der Waals surface area contributed by atoms with Crippen LogP contribution in [0, 0.1) is 0 Å². The summed E-state index contributed by atoms with van der Waals surface area (Å²) < 4.78 is 11.0. The Morgan fingerprint density at radius 1 is 0.969 bits per heavy atom. The molecule has 0 aliphatic carbocycles. The fourth-order valence-corrected chi connectivity index (χ4v) is 4.81. The van der Waals surface area contributed by atoms with Gasteiger partial charge in [0.05, 0.1) is 17.9 Å². The molecule has 3 aromatic carbocycles. The highest BCUT2D eigenvalue weighted by Crippen LogP contribution is 2.42. The number of hydrogen-bond donors (Lipinski definition) is 0. The Hall–Kier alpha value is -3.58. The number of fused-ring (bicyclic) bond motifs is 2. The maximum Gasteiger partial charge on any atom is 0.259 e. The number of carbonyl (C=O) groups is 1. The van der Waals surface area contributed by atoms with Gasteiger partial charge in [0.1, 0.15) is 5.75 Å². The van der Waals surface area contributed by atoms with Gasteiger partial charge in [-0.3, -0.25) is 4.79 Å². The molecular formula is C25H21N3O3S. The molecule has 5 rings (SSSR count). The molecule has 0 radical (unpaired) electrons. The molecule has 7 heteroatoms. The van der Waals surface area contributed by atoms with Gasteiger partial charge < -0.3 is 14.2 Å². The molecular weight excluding hydrogens is 422 g/mol. The van der Waals surface area contributed by atoms with Crippen molar-refractivity contribution >= 4 is 23.4 Å². The van der Waals surface area contributed by atoms with E-state index in [9.17, 15) is 4.79 Å². The summed E-state index contributed by atoms with van der Waals surface area (Å²) in [5, 5.41) is 4.19. The number of aromatic nitrogens is 2. The van der Waals surface area contributed by atoms with Crippen molar-refractivity contribution in [3.05, 3.63) is 72.3 Å². The molecule has 0 spiro atoms. The van der Waals surface area contributed by atoms with Crippen LogP contribution in [0.4, 0.5) is 5.69 Å². The van der Waals surface area contributed by atoms with E-state index >= 15 is 0 Å². The van der Waals surface area contributed by atoms with Crippen LogP contribution in [0.25, 0.3) is 22.8 Å². The van der Waals surface area contributed by atoms with Gasteiger partial charge in [-0.15, -0.1) is 0 Å². The molecule has 0 N–H and O–H groups in total. The zero-order valence-corrected chi connectivity index (χ0v) is 18.6. The average Bonchev–Trinajstić information content (AvgIpc) is 3.27. The molecule has 32 heavy (non-hydrogen) atoms. The molecule has 0 unspecified atom stereocenters. The third-order valence-electron chi connectivity index (χ3n) is 5.25. The average molecular weight is 444 g/mol.